The van der Waals surface area contributed by atoms with E-state index in [1.807, 2.05) is 32.0 Å². The Labute approximate surface area is 112 Å². The van der Waals surface area contributed by atoms with Gasteiger partial charge in [-0.05, 0) is 0 Å². The molecule has 0 spiro atoms. The maximum atomic E-state index is 5.63. The van der Waals surface area contributed by atoms with Crippen LogP contribution in [0, 0.1) is 0 Å². The molecule has 1 N–H and O–H groups in total. The molecule has 0 amide bonds. The third-order valence-electron chi connectivity index (χ3n) is 2.91. The van der Waals surface area contributed by atoms with Gasteiger partial charge in [-0.25, -0.2) is 0 Å². The molecule has 2 heterocycles. The van der Waals surface area contributed by atoms with Gasteiger partial charge < -0.3 is 0 Å². The minimum atomic E-state index is -0.473. The zero-order chi connectivity index (χ0) is 12.6. The van der Waals surface area contributed by atoms with Crippen molar-refractivity contribution in [2.75, 3.05) is 18.5 Å². The summed E-state index contributed by atoms with van der Waals surface area (Å²) in [6.07, 6.45) is 0. The van der Waals surface area contributed by atoms with Crippen LogP contribution in [0.2, 0.25) is 0 Å². The second-order valence-electron chi connectivity index (χ2n) is 4.80. The van der Waals surface area contributed by atoms with E-state index in [0.717, 1.165) is 17.1 Å². The summed E-state index contributed by atoms with van der Waals surface area (Å²) in [5.41, 5.74) is 2.98. The second kappa shape index (κ2) is 4.63. The summed E-state index contributed by atoms with van der Waals surface area (Å²) in [6, 6.07) is 6.18. The molecule has 0 aromatic heterocycles. The van der Waals surface area contributed by atoms with Crippen molar-refractivity contribution in [1.29, 1.82) is 0 Å². The molecule has 0 radical (unpaired) electrons. The molecule has 5 nitrogen and oxygen atoms in total. The van der Waals surface area contributed by atoms with E-state index in [1.165, 1.54) is 0 Å². The van der Waals surface area contributed by atoms with Crippen molar-refractivity contribution in [3.05, 3.63) is 18.2 Å². The summed E-state index contributed by atoms with van der Waals surface area (Å²) in [5.74, 6) is -0.473. The number of hydrogen-bond acceptors (Lipinski definition) is 5. The number of anilines is 1. The molecule has 2 aliphatic rings. The molecule has 0 aliphatic carbocycles. The van der Waals surface area contributed by atoms with Gasteiger partial charge in [0.2, 0.25) is 0 Å². The SMILES string of the molecule is CC1(C)OCC(Nc2cccc3c2N=[Se]=N3)CO1. The van der Waals surface area contributed by atoms with Crippen LogP contribution in [0.4, 0.5) is 17.1 Å². The molecule has 1 saturated heterocycles. The molecule has 2 aliphatic heterocycles. The van der Waals surface area contributed by atoms with Crippen molar-refractivity contribution in [2.24, 2.45) is 7.92 Å². The number of nitrogens with zero attached hydrogens (tertiary/aromatic N) is 2. The summed E-state index contributed by atoms with van der Waals surface area (Å²) in [4.78, 5) is 0. The topological polar surface area (TPSA) is 55.2 Å². The number of nitrogens with one attached hydrogen (secondary N) is 1. The third kappa shape index (κ3) is 2.42. The van der Waals surface area contributed by atoms with Gasteiger partial charge in [0.15, 0.2) is 0 Å². The molecular formula is C12H15N3O2Se. The zero-order valence-corrected chi connectivity index (χ0v) is 12.1. The van der Waals surface area contributed by atoms with E-state index in [1.54, 1.807) is 0 Å². The fourth-order valence-electron chi connectivity index (χ4n) is 1.92. The molecular weight excluding hydrogens is 297 g/mol. The molecule has 1 aromatic rings. The van der Waals surface area contributed by atoms with Crippen LogP contribution in [-0.2, 0) is 9.47 Å². The standard InChI is InChI=1S/C12H15N3O2Se/c1-12(2)16-6-8(7-17-12)13-9-4-3-5-10-11(9)15-18-14-10/h3-5,8,13H,6-7H2,1-2H3. The van der Waals surface area contributed by atoms with E-state index in [4.69, 9.17) is 9.47 Å². The van der Waals surface area contributed by atoms with Gasteiger partial charge in [-0.1, -0.05) is 0 Å². The Morgan fingerprint density at radius 2 is 2.06 bits per heavy atom. The first-order chi connectivity index (χ1) is 8.64. The Kier molecular flexibility index (Phi) is 3.11. The van der Waals surface area contributed by atoms with Gasteiger partial charge in [0, 0.05) is 0 Å². The Morgan fingerprint density at radius 1 is 1.28 bits per heavy atom. The van der Waals surface area contributed by atoms with Crippen LogP contribution in [0.5, 0.6) is 0 Å². The van der Waals surface area contributed by atoms with Crippen molar-refractivity contribution in [2.45, 2.75) is 25.7 Å². The van der Waals surface area contributed by atoms with Gasteiger partial charge in [0.05, 0.1) is 0 Å². The van der Waals surface area contributed by atoms with Crippen molar-refractivity contribution in [3.8, 4) is 0 Å². The summed E-state index contributed by atoms with van der Waals surface area (Å²) in [7, 11) is 0. The van der Waals surface area contributed by atoms with E-state index < -0.39 is 5.79 Å². The molecule has 1 aromatic carbocycles. The van der Waals surface area contributed by atoms with Crippen LogP contribution in [0.25, 0.3) is 0 Å². The Bertz CT molecular complexity index is 528. The number of ether oxygens (including phenoxy) is 2. The van der Waals surface area contributed by atoms with Crippen LogP contribution in [0.3, 0.4) is 0 Å². The van der Waals surface area contributed by atoms with Crippen molar-refractivity contribution < 1.29 is 9.47 Å². The number of benzene rings is 1. The van der Waals surface area contributed by atoms with Crippen LogP contribution >= 0.6 is 0 Å². The number of hydrogen-bond donors (Lipinski definition) is 1. The summed E-state index contributed by atoms with van der Waals surface area (Å²) in [6.45, 7) is 5.14. The van der Waals surface area contributed by atoms with Crippen LogP contribution < -0.4 is 5.32 Å². The Hall–Kier alpha value is -0.941. The Morgan fingerprint density at radius 3 is 2.83 bits per heavy atom. The average molecular weight is 312 g/mol. The summed E-state index contributed by atoms with van der Waals surface area (Å²) in [5, 5.41) is 3.43. The molecule has 1 fully saturated rings. The first kappa shape index (κ1) is 12.1. The molecule has 6 heteroatoms. The zero-order valence-electron chi connectivity index (χ0n) is 10.3. The summed E-state index contributed by atoms with van der Waals surface area (Å²) >= 11 is 0.00166. The predicted molar refractivity (Wildman–Crippen MR) is 69.8 cm³/mol. The van der Waals surface area contributed by atoms with Gasteiger partial charge in [0.1, 0.15) is 0 Å². The average Bonchev–Trinajstić information content (AvgIpc) is 2.81. The first-order valence-corrected chi connectivity index (χ1v) is 7.43. The molecule has 3 rings (SSSR count). The fraction of sp³-hybridized carbons (Fsp3) is 0.500. The molecule has 0 bridgehead atoms. The van der Waals surface area contributed by atoms with Crippen LogP contribution in [-0.4, -0.2) is 39.6 Å². The molecule has 0 saturated carbocycles. The third-order valence-corrected chi connectivity index (χ3v) is 4.05. The molecule has 96 valence electrons. The van der Waals surface area contributed by atoms with E-state index in [0.29, 0.717) is 13.2 Å². The molecule has 0 atom stereocenters. The van der Waals surface area contributed by atoms with Gasteiger partial charge >= 0.3 is 111 Å². The van der Waals surface area contributed by atoms with Gasteiger partial charge in [-0.3, -0.25) is 0 Å². The second-order valence-corrected chi connectivity index (χ2v) is 5.91. The minimum absolute atomic E-state index is 0.00166. The number of fused-ring (bicyclic) bond motifs is 1. The predicted octanol–water partition coefficient (Wildman–Crippen LogP) is 2.60. The van der Waals surface area contributed by atoms with Crippen LogP contribution in [0.15, 0.2) is 26.1 Å². The van der Waals surface area contributed by atoms with E-state index in [9.17, 15) is 0 Å². The van der Waals surface area contributed by atoms with E-state index >= 15 is 0 Å². The van der Waals surface area contributed by atoms with E-state index in [2.05, 4.69) is 13.2 Å². The Balaban J connectivity index is 1.72. The quantitative estimate of drug-likeness (QED) is 0.867. The molecule has 0 unspecified atom stereocenters. The number of rotatable bonds is 2. The van der Waals surface area contributed by atoms with Crippen LogP contribution in [0.1, 0.15) is 13.8 Å². The molecule has 18 heavy (non-hydrogen) atoms. The monoisotopic (exact) mass is 313 g/mol. The van der Waals surface area contributed by atoms with Crippen molar-refractivity contribution >= 4 is 31.6 Å². The fourth-order valence-corrected chi connectivity index (χ4v) is 3.07. The maximum absolute atomic E-state index is 5.63. The van der Waals surface area contributed by atoms with Gasteiger partial charge in [-0.15, -0.1) is 0 Å². The first-order valence-electron chi connectivity index (χ1n) is 5.90. The normalized spacial score (nSPS) is 21.4. The van der Waals surface area contributed by atoms with Crippen molar-refractivity contribution in [3.63, 3.8) is 0 Å². The summed E-state index contributed by atoms with van der Waals surface area (Å²) < 4.78 is 20.1. The van der Waals surface area contributed by atoms with Crippen molar-refractivity contribution in [1.82, 2.24) is 0 Å². The van der Waals surface area contributed by atoms with Gasteiger partial charge in [0.25, 0.3) is 0 Å². The van der Waals surface area contributed by atoms with Gasteiger partial charge in [-0.2, -0.15) is 0 Å². The van der Waals surface area contributed by atoms with E-state index in [-0.39, 0.29) is 20.6 Å².